The van der Waals surface area contributed by atoms with Crippen LogP contribution in [0.5, 0.6) is 11.5 Å². The number of hydrogen-bond acceptors (Lipinski definition) is 5. The standard InChI is InChI=1S/C19H31N3O4/c1-5-22(6-2)19(24)15-21(4)14-18(23)20-12-13-26-17-10-8-16(9-11-17)25-7-3/h8-11H,5-7,12-15H2,1-4H3,(H,20,23). The van der Waals surface area contributed by atoms with Gasteiger partial charge in [0.05, 0.1) is 26.2 Å². The van der Waals surface area contributed by atoms with E-state index in [4.69, 9.17) is 9.47 Å². The molecule has 0 bridgehead atoms. The Balaban J connectivity index is 2.22. The summed E-state index contributed by atoms with van der Waals surface area (Å²) in [5.74, 6) is 1.43. The highest BCUT2D eigenvalue weighted by atomic mass is 16.5. The number of benzene rings is 1. The summed E-state index contributed by atoms with van der Waals surface area (Å²) in [7, 11) is 1.76. The van der Waals surface area contributed by atoms with E-state index in [2.05, 4.69) is 5.32 Å². The Morgan fingerprint density at radius 3 is 2.08 bits per heavy atom. The van der Waals surface area contributed by atoms with Crippen molar-refractivity contribution in [3.8, 4) is 11.5 Å². The van der Waals surface area contributed by atoms with Crippen molar-refractivity contribution in [3.05, 3.63) is 24.3 Å². The molecular weight excluding hydrogens is 334 g/mol. The molecule has 146 valence electrons. The summed E-state index contributed by atoms with van der Waals surface area (Å²) in [4.78, 5) is 27.4. The van der Waals surface area contributed by atoms with E-state index in [0.717, 1.165) is 11.5 Å². The molecule has 0 saturated heterocycles. The second kappa shape index (κ2) is 12.1. The molecule has 0 aliphatic rings. The maximum Gasteiger partial charge on any atom is 0.236 e. The van der Waals surface area contributed by atoms with E-state index in [1.807, 2.05) is 45.0 Å². The topological polar surface area (TPSA) is 71.1 Å². The van der Waals surface area contributed by atoms with E-state index in [1.165, 1.54) is 0 Å². The van der Waals surface area contributed by atoms with Gasteiger partial charge in [0.15, 0.2) is 0 Å². The van der Waals surface area contributed by atoms with Gasteiger partial charge < -0.3 is 19.7 Å². The lowest BCUT2D eigenvalue weighted by Gasteiger charge is -2.22. The molecule has 1 N–H and O–H groups in total. The second-order valence-electron chi connectivity index (χ2n) is 5.84. The molecule has 0 atom stereocenters. The summed E-state index contributed by atoms with van der Waals surface area (Å²) in [6, 6.07) is 7.36. The summed E-state index contributed by atoms with van der Waals surface area (Å²) >= 11 is 0. The molecule has 2 amide bonds. The molecule has 0 saturated carbocycles. The van der Waals surface area contributed by atoms with Crippen LogP contribution >= 0.6 is 0 Å². The van der Waals surface area contributed by atoms with Crippen molar-refractivity contribution < 1.29 is 19.1 Å². The van der Waals surface area contributed by atoms with E-state index in [0.29, 0.717) is 32.8 Å². The minimum Gasteiger partial charge on any atom is -0.494 e. The van der Waals surface area contributed by atoms with Gasteiger partial charge in [-0.1, -0.05) is 0 Å². The fraction of sp³-hybridized carbons (Fsp3) is 0.579. The minimum absolute atomic E-state index is 0.0316. The molecule has 0 aromatic heterocycles. The quantitative estimate of drug-likeness (QED) is 0.567. The predicted octanol–water partition coefficient (Wildman–Crippen LogP) is 1.38. The van der Waals surface area contributed by atoms with Gasteiger partial charge in [-0.25, -0.2) is 0 Å². The SMILES string of the molecule is CCOc1ccc(OCCNC(=O)CN(C)CC(=O)N(CC)CC)cc1. The number of carbonyl (C=O) groups excluding carboxylic acids is 2. The summed E-state index contributed by atoms with van der Waals surface area (Å²) < 4.78 is 10.9. The van der Waals surface area contributed by atoms with Crippen LogP contribution in [0.25, 0.3) is 0 Å². The highest BCUT2D eigenvalue weighted by molar-refractivity contribution is 5.81. The van der Waals surface area contributed by atoms with Crippen LogP contribution in [-0.2, 0) is 9.59 Å². The largest absolute Gasteiger partial charge is 0.494 e. The molecule has 26 heavy (non-hydrogen) atoms. The van der Waals surface area contributed by atoms with Gasteiger partial charge >= 0.3 is 0 Å². The first kappa shape index (κ1) is 21.8. The fourth-order valence-electron chi connectivity index (χ4n) is 2.42. The van der Waals surface area contributed by atoms with Crippen LogP contribution in [0.1, 0.15) is 20.8 Å². The van der Waals surface area contributed by atoms with E-state index < -0.39 is 0 Å². The van der Waals surface area contributed by atoms with E-state index in [9.17, 15) is 9.59 Å². The Hall–Kier alpha value is -2.28. The number of rotatable bonds is 12. The molecule has 1 aromatic carbocycles. The first-order chi connectivity index (χ1) is 12.5. The Morgan fingerprint density at radius 2 is 1.54 bits per heavy atom. The normalized spacial score (nSPS) is 10.5. The number of nitrogens with zero attached hydrogens (tertiary/aromatic N) is 2. The van der Waals surface area contributed by atoms with Gasteiger partial charge in [-0.15, -0.1) is 0 Å². The second-order valence-corrected chi connectivity index (χ2v) is 5.84. The molecular formula is C19H31N3O4. The minimum atomic E-state index is -0.129. The van der Waals surface area contributed by atoms with Crippen LogP contribution in [0.4, 0.5) is 0 Å². The Kier molecular flexibility index (Phi) is 10.2. The molecule has 0 unspecified atom stereocenters. The monoisotopic (exact) mass is 365 g/mol. The van der Waals surface area contributed by atoms with Crippen LogP contribution in [0.3, 0.4) is 0 Å². The maximum atomic E-state index is 12.0. The lowest BCUT2D eigenvalue weighted by molar-refractivity contribution is -0.132. The average Bonchev–Trinajstić information content (AvgIpc) is 2.61. The van der Waals surface area contributed by atoms with Crippen LogP contribution in [0, 0.1) is 0 Å². The van der Waals surface area contributed by atoms with Crippen molar-refractivity contribution in [2.75, 3.05) is 53.0 Å². The summed E-state index contributed by atoms with van der Waals surface area (Å²) in [6.07, 6.45) is 0. The number of nitrogens with one attached hydrogen (secondary N) is 1. The molecule has 1 rings (SSSR count). The molecule has 0 radical (unpaired) electrons. The van der Waals surface area contributed by atoms with Crippen molar-refractivity contribution >= 4 is 11.8 Å². The summed E-state index contributed by atoms with van der Waals surface area (Å²) in [5, 5.41) is 2.79. The molecule has 7 nitrogen and oxygen atoms in total. The van der Waals surface area contributed by atoms with Crippen LogP contribution in [0.2, 0.25) is 0 Å². The van der Waals surface area contributed by atoms with E-state index in [1.54, 1.807) is 16.8 Å². The van der Waals surface area contributed by atoms with Gasteiger partial charge in [0.1, 0.15) is 18.1 Å². The van der Waals surface area contributed by atoms with E-state index in [-0.39, 0.29) is 24.9 Å². The van der Waals surface area contributed by atoms with Crippen molar-refractivity contribution in [1.82, 2.24) is 15.1 Å². The van der Waals surface area contributed by atoms with Crippen LogP contribution in [0.15, 0.2) is 24.3 Å². The van der Waals surface area contributed by atoms with Crippen molar-refractivity contribution in [2.45, 2.75) is 20.8 Å². The highest BCUT2D eigenvalue weighted by Crippen LogP contribution is 2.17. The van der Waals surface area contributed by atoms with E-state index >= 15 is 0 Å². The number of amides is 2. The fourth-order valence-corrected chi connectivity index (χ4v) is 2.42. The zero-order valence-corrected chi connectivity index (χ0v) is 16.3. The third-order valence-corrected chi connectivity index (χ3v) is 3.76. The predicted molar refractivity (Wildman–Crippen MR) is 102 cm³/mol. The van der Waals surface area contributed by atoms with Crippen molar-refractivity contribution in [3.63, 3.8) is 0 Å². The van der Waals surface area contributed by atoms with Gasteiger partial charge in [-0.2, -0.15) is 0 Å². The lowest BCUT2D eigenvalue weighted by Crippen LogP contribution is -2.43. The van der Waals surface area contributed by atoms with Crippen molar-refractivity contribution in [1.29, 1.82) is 0 Å². The lowest BCUT2D eigenvalue weighted by atomic mass is 10.3. The third-order valence-electron chi connectivity index (χ3n) is 3.76. The first-order valence-electron chi connectivity index (χ1n) is 9.08. The van der Waals surface area contributed by atoms with Gasteiger partial charge in [0.2, 0.25) is 11.8 Å². The Bertz CT molecular complexity index is 544. The van der Waals surface area contributed by atoms with Crippen LogP contribution < -0.4 is 14.8 Å². The Morgan fingerprint density at radius 1 is 0.962 bits per heavy atom. The van der Waals surface area contributed by atoms with Gasteiger partial charge in [0.25, 0.3) is 0 Å². The highest BCUT2D eigenvalue weighted by Gasteiger charge is 2.14. The number of carbonyl (C=O) groups is 2. The summed E-state index contributed by atoms with van der Waals surface area (Å²) in [5.41, 5.74) is 0. The number of likely N-dealkylation sites (N-methyl/N-ethyl adjacent to an activating group) is 2. The van der Waals surface area contributed by atoms with Gasteiger partial charge in [-0.3, -0.25) is 14.5 Å². The smallest absolute Gasteiger partial charge is 0.236 e. The Labute approximate surface area is 156 Å². The maximum absolute atomic E-state index is 12.0. The zero-order chi connectivity index (χ0) is 19.4. The molecule has 0 heterocycles. The number of hydrogen-bond donors (Lipinski definition) is 1. The van der Waals surface area contributed by atoms with Crippen molar-refractivity contribution in [2.24, 2.45) is 0 Å². The molecule has 0 fully saturated rings. The molecule has 7 heteroatoms. The number of ether oxygens (including phenoxy) is 2. The molecule has 0 spiro atoms. The van der Waals surface area contributed by atoms with Gasteiger partial charge in [0, 0.05) is 13.1 Å². The van der Waals surface area contributed by atoms with Gasteiger partial charge in [-0.05, 0) is 52.1 Å². The zero-order valence-electron chi connectivity index (χ0n) is 16.3. The molecule has 1 aromatic rings. The average molecular weight is 365 g/mol. The molecule has 0 aliphatic heterocycles. The van der Waals surface area contributed by atoms with Crippen LogP contribution in [-0.4, -0.2) is 74.6 Å². The third kappa shape index (κ3) is 8.20. The summed E-state index contributed by atoms with van der Waals surface area (Å²) in [6.45, 7) is 9.00. The molecule has 0 aliphatic carbocycles. The first-order valence-corrected chi connectivity index (χ1v) is 9.08.